The van der Waals surface area contributed by atoms with Crippen molar-refractivity contribution in [1.29, 1.82) is 0 Å². The molecule has 0 saturated carbocycles. The van der Waals surface area contributed by atoms with Crippen molar-refractivity contribution in [1.82, 2.24) is 4.98 Å². The van der Waals surface area contributed by atoms with E-state index in [1.54, 1.807) is 19.2 Å². The van der Waals surface area contributed by atoms with Crippen molar-refractivity contribution in [3.05, 3.63) is 58.9 Å². The van der Waals surface area contributed by atoms with E-state index in [-0.39, 0.29) is 30.2 Å². The fraction of sp³-hybridized carbons (Fsp3) is 0.333. The molecule has 5 heteroatoms. The van der Waals surface area contributed by atoms with Crippen LogP contribution in [0.15, 0.2) is 36.5 Å². The number of pyridine rings is 1. The van der Waals surface area contributed by atoms with Gasteiger partial charge in [0.05, 0.1) is 29.9 Å². The van der Waals surface area contributed by atoms with E-state index in [1.807, 2.05) is 12.1 Å². The van der Waals surface area contributed by atoms with Crippen LogP contribution in [0.25, 0.3) is 0 Å². The highest BCUT2D eigenvalue weighted by atomic mass is 16.6. The maximum atomic E-state index is 11.9. The molecule has 0 amide bonds. The highest BCUT2D eigenvalue weighted by Gasteiger charge is 2.58. The third kappa shape index (κ3) is 1.65. The van der Waals surface area contributed by atoms with Gasteiger partial charge >= 0.3 is 5.97 Å². The highest BCUT2D eigenvalue weighted by Crippen LogP contribution is 2.62. The van der Waals surface area contributed by atoms with E-state index in [1.165, 1.54) is 11.1 Å². The lowest BCUT2D eigenvalue weighted by Gasteiger charge is -2.22. The normalized spacial score (nSPS) is 28.7. The third-order valence-electron chi connectivity index (χ3n) is 4.85. The number of rotatable bonds is 2. The van der Waals surface area contributed by atoms with Gasteiger partial charge in [-0.15, -0.1) is 0 Å². The standard InChI is InChI=1S/C18H15NO4/c1-2-21-18(20)9-7-12-14(19-8-9)13-15-10-5-3-4-6-11(10)16(23-15)17(13)22-12/h3-8,13,15-17H,2H2,1H3/t13-,15-,16+,17-/m1/s1. The van der Waals surface area contributed by atoms with E-state index < -0.39 is 0 Å². The summed E-state index contributed by atoms with van der Waals surface area (Å²) in [6, 6.07) is 10.0. The molecule has 1 fully saturated rings. The molecule has 0 spiro atoms. The lowest BCUT2D eigenvalue weighted by Crippen LogP contribution is -2.25. The number of ether oxygens (including phenoxy) is 3. The zero-order valence-corrected chi connectivity index (χ0v) is 12.6. The summed E-state index contributed by atoms with van der Waals surface area (Å²) in [5.41, 5.74) is 3.74. The van der Waals surface area contributed by atoms with Crippen molar-refractivity contribution in [2.24, 2.45) is 0 Å². The molecule has 23 heavy (non-hydrogen) atoms. The molecule has 2 aromatic rings. The molecule has 5 nitrogen and oxygen atoms in total. The zero-order valence-electron chi connectivity index (χ0n) is 12.6. The second kappa shape index (κ2) is 4.55. The molecule has 3 aliphatic rings. The molecule has 0 unspecified atom stereocenters. The summed E-state index contributed by atoms with van der Waals surface area (Å²) in [6.45, 7) is 2.13. The van der Waals surface area contributed by atoms with Crippen LogP contribution in [0.1, 0.15) is 52.2 Å². The minimum absolute atomic E-state index is 0.0107. The van der Waals surface area contributed by atoms with Crippen molar-refractivity contribution in [3.63, 3.8) is 0 Å². The van der Waals surface area contributed by atoms with Crippen LogP contribution in [-0.2, 0) is 9.47 Å². The first kappa shape index (κ1) is 13.1. The van der Waals surface area contributed by atoms with E-state index in [9.17, 15) is 4.79 Å². The minimum atomic E-state index is -0.369. The Morgan fingerprint density at radius 3 is 2.83 bits per heavy atom. The van der Waals surface area contributed by atoms with Gasteiger partial charge in [0, 0.05) is 6.20 Å². The van der Waals surface area contributed by atoms with Crippen molar-refractivity contribution in [2.45, 2.75) is 31.2 Å². The Kier molecular flexibility index (Phi) is 2.59. The van der Waals surface area contributed by atoms with Gasteiger partial charge in [-0.05, 0) is 24.1 Å². The first-order valence-electron chi connectivity index (χ1n) is 7.86. The topological polar surface area (TPSA) is 57.7 Å². The first-order chi connectivity index (χ1) is 11.3. The highest BCUT2D eigenvalue weighted by molar-refractivity contribution is 5.89. The SMILES string of the molecule is CCOC(=O)c1cnc2c(c1)O[C@@H]1[C@H]2[C@@H]2O[C@H]1c1ccccc12. The largest absolute Gasteiger partial charge is 0.485 e. The number of carbonyl (C=O) groups is 1. The Balaban J connectivity index is 1.54. The Morgan fingerprint density at radius 1 is 1.26 bits per heavy atom. The Morgan fingerprint density at radius 2 is 2.04 bits per heavy atom. The number of carbonyl (C=O) groups excluding carboxylic acids is 1. The zero-order chi connectivity index (χ0) is 15.6. The fourth-order valence-electron chi connectivity index (χ4n) is 3.93. The van der Waals surface area contributed by atoms with Crippen LogP contribution in [0.5, 0.6) is 5.75 Å². The van der Waals surface area contributed by atoms with Gasteiger partial charge in [0.15, 0.2) is 0 Å². The van der Waals surface area contributed by atoms with E-state index in [2.05, 4.69) is 17.1 Å². The van der Waals surface area contributed by atoms with Gasteiger partial charge in [0.1, 0.15) is 18.0 Å². The summed E-state index contributed by atoms with van der Waals surface area (Å²) < 4.78 is 17.2. The average molecular weight is 309 g/mol. The Bertz CT molecular complexity index is 818. The third-order valence-corrected chi connectivity index (χ3v) is 4.85. The minimum Gasteiger partial charge on any atom is -0.485 e. The molecule has 2 bridgehead atoms. The fourth-order valence-corrected chi connectivity index (χ4v) is 3.93. The van der Waals surface area contributed by atoms with Gasteiger partial charge in [-0.2, -0.15) is 0 Å². The average Bonchev–Trinajstić information content (AvgIpc) is 3.23. The quantitative estimate of drug-likeness (QED) is 0.798. The summed E-state index contributed by atoms with van der Waals surface area (Å²) in [7, 11) is 0. The molecule has 0 N–H and O–H groups in total. The molecule has 0 radical (unpaired) electrons. The molecule has 4 atom stereocenters. The lowest BCUT2D eigenvalue weighted by molar-refractivity contribution is 0.0362. The molecule has 1 aromatic carbocycles. The molecule has 3 aliphatic heterocycles. The number of nitrogens with zero attached hydrogens (tertiary/aromatic N) is 1. The van der Waals surface area contributed by atoms with Crippen molar-refractivity contribution in [2.75, 3.05) is 6.61 Å². The maximum absolute atomic E-state index is 11.9. The van der Waals surface area contributed by atoms with Crippen LogP contribution >= 0.6 is 0 Å². The number of aromatic nitrogens is 1. The van der Waals surface area contributed by atoms with Gasteiger partial charge in [0.25, 0.3) is 0 Å². The second-order valence-electron chi connectivity index (χ2n) is 6.04. The molecular formula is C18H15NO4. The van der Waals surface area contributed by atoms with Gasteiger partial charge in [-0.25, -0.2) is 4.79 Å². The smallest absolute Gasteiger partial charge is 0.339 e. The molecule has 4 heterocycles. The molecule has 0 aliphatic carbocycles. The lowest BCUT2D eigenvalue weighted by atomic mass is 9.81. The van der Waals surface area contributed by atoms with E-state index in [4.69, 9.17) is 14.2 Å². The number of hydrogen-bond donors (Lipinski definition) is 0. The van der Waals surface area contributed by atoms with Crippen LogP contribution in [0.3, 0.4) is 0 Å². The summed E-state index contributed by atoms with van der Waals surface area (Å²) in [5.74, 6) is 0.406. The van der Waals surface area contributed by atoms with Crippen LogP contribution in [0, 0.1) is 0 Å². The van der Waals surface area contributed by atoms with Crippen LogP contribution < -0.4 is 4.74 Å². The van der Waals surface area contributed by atoms with Gasteiger partial charge < -0.3 is 14.2 Å². The van der Waals surface area contributed by atoms with Gasteiger partial charge in [-0.1, -0.05) is 24.3 Å². The predicted octanol–water partition coefficient (Wildman–Crippen LogP) is 2.93. The van der Waals surface area contributed by atoms with Crippen LogP contribution in [0.4, 0.5) is 0 Å². The van der Waals surface area contributed by atoms with Gasteiger partial charge in [0.2, 0.25) is 0 Å². The molecular weight excluding hydrogens is 294 g/mol. The Labute approximate surface area is 133 Å². The number of fused-ring (bicyclic) bond motifs is 10. The molecule has 5 rings (SSSR count). The summed E-state index contributed by atoms with van der Waals surface area (Å²) in [4.78, 5) is 16.4. The molecule has 116 valence electrons. The van der Waals surface area contributed by atoms with E-state index in [0.717, 1.165) is 5.69 Å². The second-order valence-corrected chi connectivity index (χ2v) is 6.04. The van der Waals surface area contributed by atoms with Crippen molar-refractivity contribution >= 4 is 5.97 Å². The van der Waals surface area contributed by atoms with Crippen molar-refractivity contribution in [3.8, 4) is 5.75 Å². The summed E-state index contributed by atoms with van der Waals surface area (Å²) in [5, 5.41) is 0. The van der Waals surface area contributed by atoms with E-state index >= 15 is 0 Å². The monoisotopic (exact) mass is 309 g/mol. The molecule has 1 aromatic heterocycles. The summed E-state index contributed by atoms with van der Waals surface area (Å²) >= 11 is 0. The van der Waals surface area contributed by atoms with Crippen LogP contribution in [-0.4, -0.2) is 23.7 Å². The van der Waals surface area contributed by atoms with Crippen molar-refractivity contribution < 1.29 is 19.0 Å². The van der Waals surface area contributed by atoms with E-state index in [0.29, 0.717) is 17.9 Å². The Hall–Kier alpha value is -2.40. The summed E-state index contributed by atoms with van der Waals surface area (Å²) in [6.07, 6.45) is 1.44. The predicted molar refractivity (Wildman–Crippen MR) is 80.4 cm³/mol. The van der Waals surface area contributed by atoms with Gasteiger partial charge in [-0.3, -0.25) is 4.98 Å². The number of benzene rings is 1. The number of esters is 1. The maximum Gasteiger partial charge on any atom is 0.339 e. The molecule has 1 saturated heterocycles. The van der Waals surface area contributed by atoms with Crippen LogP contribution in [0.2, 0.25) is 0 Å². The first-order valence-corrected chi connectivity index (χ1v) is 7.86. The number of hydrogen-bond acceptors (Lipinski definition) is 5.